The second-order valence-electron chi connectivity index (χ2n) is 5.72. The first-order chi connectivity index (χ1) is 10.2. The average Bonchev–Trinajstić information content (AvgIpc) is 2.50. The summed E-state index contributed by atoms with van der Waals surface area (Å²) in [7, 11) is 0. The molecule has 3 heteroatoms. The molecular weight excluding hydrogens is 326 g/mol. The molecular formula is C18H24BrNO. The maximum atomic E-state index is 10.6. The zero-order valence-corrected chi connectivity index (χ0v) is 14.4. The van der Waals surface area contributed by atoms with Gasteiger partial charge >= 0.3 is 0 Å². The lowest BCUT2D eigenvalue weighted by Crippen LogP contribution is -2.09. The number of para-hydroxylation sites is 1. The summed E-state index contributed by atoms with van der Waals surface area (Å²) in [6, 6.07) is 10.1. The summed E-state index contributed by atoms with van der Waals surface area (Å²) in [4.78, 5) is 4.65. The number of hydrogen-bond acceptors (Lipinski definition) is 2. The van der Waals surface area contributed by atoms with Crippen molar-refractivity contribution in [3.8, 4) is 0 Å². The number of pyridine rings is 1. The Kier molecular flexibility index (Phi) is 6.19. The minimum absolute atomic E-state index is 0.495. The van der Waals surface area contributed by atoms with Crippen LogP contribution in [0.4, 0.5) is 0 Å². The molecule has 0 bridgehead atoms. The third kappa shape index (κ3) is 4.27. The highest BCUT2D eigenvalue weighted by Gasteiger charge is 2.18. The van der Waals surface area contributed by atoms with Gasteiger partial charge in [-0.05, 0) is 40.4 Å². The van der Waals surface area contributed by atoms with Crippen LogP contribution in [0, 0.1) is 5.92 Å². The Labute approximate surface area is 135 Å². The normalized spacial score (nSPS) is 14.3. The minimum Gasteiger partial charge on any atom is -0.387 e. The van der Waals surface area contributed by atoms with Gasteiger partial charge in [-0.25, -0.2) is 4.98 Å². The van der Waals surface area contributed by atoms with E-state index in [2.05, 4.69) is 34.8 Å². The van der Waals surface area contributed by atoms with Gasteiger partial charge in [0.1, 0.15) is 0 Å². The first kappa shape index (κ1) is 16.4. The van der Waals surface area contributed by atoms with Crippen molar-refractivity contribution in [1.29, 1.82) is 0 Å². The molecule has 0 amide bonds. The van der Waals surface area contributed by atoms with Gasteiger partial charge in [0.15, 0.2) is 0 Å². The lowest BCUT2D eigenvalue weighted by atomic mass is 9.92. The van der Waals surface area contributed by atoms with E-state index in [1.54, 1.807) is 0 Å². The summed E-state index contributed by atoms with van der Waals surface area (Å²) in [6.07, 6.45) is 5.05. The predicted octanol–water partition coefficient (Wildman–Crippen LogP) is 5.64. The SMILES string of the molecule is CCCCC(CC)CC(O)c1nc2ccccc2cc1Br. The molecule has 1 heterocycles. The van der Waals surface area contributed by atoms with E-state index in [9.17, 15) is 5.11 Å². The van der Waals surface area contributed by atoms with E-state index in [1.165, 1.54) is 19.3 Å². The van der Waals surface area contributed by atoms with Gasteiger partial charge in [-0.15, -0.1) is 0 Å². The summed E-state index contributed by atoms with van der Waals surface area (Å²) in [5, 5.41) is 11.7. The molecule has 2 atom stereocenters. The predicted molar refractivity (Wildman–Crippen MR) is 92.3 cm³/mol. The molecule has 0 saturated carbocycles. The van der Waals surface area contributed by atoms with Crippen molar-refractivity contribution >= 4 is 26.8 Å². The maximum Gasteiger partial charge on any atom is 0.0974 e. The third-order valence-electron chi connectivity index (χ3n) is 4.12. The fourth-order valence-electron chi connectivity index (χ4n) is 2.75. The smallest absolute Gasteiger partial charge is 0.0974 e. The summed E-state index contributed by atoms with van der Waals surface area (Å²) in [6.45, 7) is 4.42. The second-order valence-corrected chi connectivity index (χ2v) is 6.57. The van der Waals surface area contributed by atoms with Crippen LogP contribution in [0.1, 0.15) is 57.7 Å². The average molecular weight is 350 g/mol. The molecule has 1 aromatic heterocycles. The van der Waals surface area contributed by atoms with E-state index in [4.69, 9.17) is 0 Å². The number of rotatable bonds is 7. The van der Waals surface area contributed by atoms with E-state index in [0.717, 1.165) is 33.9 Å². The Morgan fingerprint density at radius 3 is 2.71 bits per heavy atom. The van der Waals surface area contributed by atoms with Gasteiger partial charge in [0, 0.05) is 9.86 Å². The zero-order valence-electron chi connectivity index (χ0n) is 12.8. The van der Waals surface area contributed by atoms with Crippen LogP contribution in [0.3, 0.4) is 0 Å². The number of halogens is 1. The number of unbranched alkanes of at least 4 members (excludes halogenated alkanes) is 1. The van der Waals surface area contributed by atoms with E-state index in [1.807, 2.05) is 30.3 Å². The van der Waals surface area contributed by atoms with Crippen LogP contribution in [0.5, 0.6) is 0 Å². The van der Waals surface area contributed by atoms with Crippen LogP contribution in [-0.4, -0.2) is 10.1 Å². The Morgan fingerprint density at radius 2 is 2.00 bits per heavy atom. The molecule has 2 rings (SSSR count). The van der Waals surface area contributed by atoms with Crippen molar-refractivity contribution < 1.29 is 5.11 Å². The number of aliphatic hydroxyl groups excluding tert-OH is 1. The Balaban J connectivity index is 2.18. The summed E-state index contributed by atoms with van der Waals surface area (Å²) in [5.74, 6) is 0.570. The molecule has 2 nitrogen and oxygen atoms in total. The third-order valence-corrected chi connectivity index (χ3v) is 4.76. The van der Waals surface area contributed by atoms with Crippen LogP contribution in [0.25, 0.3) is 10.9 Å². The number of nitrogens with zero attached hydrogens (tertiary/aromatic N) is 1. The number of aliphatic hydroxyl groups is 1. The van der Waals surface area contributed by atoms with Crippen LogP contribution >= 0.6 is 15.9 Å². The van der Waals surface area contributed by atoms with Gasteiger partial charge in [0.05, 0.1) is 17.3 Å². The second kappa shape index (κ2) is 7.90. The first-order valence-electron chi connectivity index (χ1n) is 7.88. The molecule has 0 aliphatic rings. The number of benzene rings is 1. The molecule has 0 radical (unpaired) electrons. The number of fused-ring (bicyclic) bond motifs is 1. The largest absolute Gasteiger partial charge is 0.387 e. The van der Waals surface area contributed by atoms with Crippen LogP contribution < -0.4 is 0 Å². The standard InChI is InChI=1S/C18H24BrNO/c1-3-5-8-13(4-2)11-17(21)18-15(19)12-14-9-6-7-10-16(14)20-18/h6-7,9-10,12-13,17,21H,3-5,8,11H2,1-2H3. The Morgan fingerprint density at radius 1 is 1.24 bits per heavy atom. The van der Waals surface area contributed by atoms with Crippen molar-refractivity contribution in [1.82, 2.24) is 4.98 Å². The first-order valence-corrected chi connectivity index (χ1v) is 8.68. The summed E-state index contributed by atoms with van der Waals surface area (Å²) < 4.78 is 0.902. The highest BCUT2D eigenvalue weighted by Crippen LogP contribution is 2.31. The van der Waals surface area contributed by atoms with Gasteiger partial charge in [-0.1, -0.05) is 57.7 Å². The van der Waals surface area contributed by atoms with Crippen LogP contribution in [-0.2, 0) is 0 Å². The maximum absolute atomic E-state index is 10.6. The molecule has 0 aliphatic heterocycles. The molecule has 0 aliphatic carbocycles. The molecule has 0 spiro atoms. The Hall–Kier alpha value is -0.930. The van der Waals surface area contributed by atoms with Gasteiger partial charge < -0.3 is 5.11 Å². The van der Waals surface area contributed by atoms with Crippen molar-refractivity contribution in [3.63, 3.8) is 0 Å². The van der Waals surface area contributed by atoms with E-state index in [-0.39, 0.29) is 0 Å². The van der Waals surface area contributed by atoms with Crippen LogP contribution in [0.2, 0.25) is 0 Å². The van der Waals surface area contributed by atoms with Crippen molar-refractivity contribution in [2.24, 2.45) is 5.92 Å². The van der Waals surface area contributed by atoms with Gasteiger partial charge in [-0.3, -0.25) is 0 Å². The minimum atomic E-state index is -0.495. The molecule has 114 valence electrons. The molecule has 0 saturated heterocycles. The summed E-state index contributed by atoms with van der Waals surface area (Å²) >= 11 is 3.56. The fourth-order valence-corrected chi connectivity index (χ4v) is 3.35. The topological polar surface area (TPSA) is 33.1 Å². The lowest BCUT2D eigenvalue weighted by Gasteiger charge is -2.19. The van der Waals surface area contributed by atoms with Gasteiger partial charge in [0.2, 0.25) is 0 Å². The molecule has 21 heavy (non-hydrogen) atoms. The monoisotopic (exact) mass is 349 g/mol. The van der Waals surface area contributed by atoms with E-state index >= 15 is 0 Å². The van der Waals surface area contributed by atoms with E-state index < -0.39 is 6.10 Å². The number of hydrogen-bond donors (Lipinski definition) is 1. The quantitative estimate of drug-likeness (QED) is 0.701. The van der Waals surface area contributed by atoms with E-state index in [0.29, 0.717) is 5.92 Å². The fraction of sp³-hybridized carbons (Fsp3) is 0.500. The number of aromatic nitrogens is 1. The summed E-state index contributed by atoms with van der Waals surface area (Å²) in [5.41, 5.74) is 1.71. The van der Waals surface area contributed by atoms with Crippen molar-refractivity contribution in [3.05, 3.63) is 40.5 Å². The molecule has 1 aromatic carbocycles. The highest BCUT2D eigenvalue weighted by molar-refractivity contribution is 9.10. The van der Waals surface area contributed by atoms with Gasteiger partial charge in [0.25, 0.3) is 0 Å². The van der Waals surface area contributed by atoms with Crippen molar-refractivity contribution in [2.45, 2.75) is 52.1 Å². The van der Waals surface area contributed by atoms with Crippen molar-refractivity contribution in [2.75, 3.05) is 0 Å². The molecule has 2 unspecified atom stereocenters. The zero-order chi connectivity index (χ0) is 15.2. The molecule has 0 fully saturated rings. The highest BCUT2D eigenvalue weighted by atomic mass is 79.9. The van der Waals surface area contributed by atoms with Crippen LogP contribution in [0.15, 0.2) is 34.8 Å². The molecule has 2 aromatic rings. The van der Waals surface area contributed by atoms with Gasteiger partial charge in [-0.2, -0.15) is 0 Å². The lowest BCUT2D eigenvalue weighted by molar-refractivity contribution is 0.134. The Bertz CT molecular complexity index is 584. The molecule has 1 N–H and O–H groups in total.